The van der Waals surface area contributed by atoms with Crippen LogP contribution in [0.4, 0.5) is 8.78 Å². The first-order valence-electron chi connectivity index (χ1n) is 10.9. The SMILES string of the molecule is CCCC1CCc2c(C)c(C3CCC([C@H]4CCCO4)CC3)c(F)c(F)c2O1. The zero-order chi connectivity index (χ0) is 19.0. The minimum atomic E-state index is -0.757. The van der Waals surface area contributed by atoms with Gasteiger partial charge in [-0.05, 0) is 87.7 Å². The Morgan fingerprint density at radius 1 is 1.00 bits per heavy atom. The van der Waals surface area contributed by atoms with Crippen molar-refractivity contribution in [3.8, 4) is 5.75 Å². The Morgan fingerprint density at radius 2 is 1.78 bits per heavy atom. The topological polar surface area (TPSA) is 18.5 Å². The summed E-state index contributed by atoms with van der Waals surface area (Å²) in [7, 11) is 0. The normalized spacial score (nSPS) is 30.8. The Balaban J connectivity index is 1.55. The molecule has 1 saturated heterocycles. The maximum Gasteiger partial charge on any atom is 0.201 e. The van der Waals surface area contributed by atoms with Crippen LogP contribution in [0.5, 0.6) is 5.75 Å². The molecule has 1 aromatic rings. The van der Waals surface area contributed by atoms with Gasteiger partial charge >= 0.3 is 0 Å². The van der Waals surface area contributed by atoms with Crippen LogP contribution in [0, 0.1) is 24.5 Å². The van der Waals surface area contributed by atoms with Crippen LogP contribution in [-0.4, -0.2) is 18.8 Å². The number of fused-ring (bicyclic) bond motifs is 1. The second kappa shape index (κ2) is 8.06. The van der Waals surface area contributed by atoms with E-state index in [-0.39, 0.29) is 17.8 Å². The molecular formula is C23H32F2O2. The zero-order valence-electron chi connectivity index (χ0n) is 16.7. The molecule has 0 radical (unpaired) electrons. The Hall–Kier alpha value is -1.16. The van der Waals surface area contributed by atoms with Gasteiger partial charge < -0.3 is 9.47 Å². The summed E-state index contributed by atoms with van der Waals surface area (Å²) in [4.78, 5) is 0. The van der Waals surface area contributed by atoms with E-state index in [2.05, 4.69) is 6.92 Å². The molecule has 2 nitrogen and oxygen atoms in total. The minimum Gasteiger partial charge on any atom is -0.487 e. The molecule has 27 heavy (non-hydrogen) atoms. The van der Waals surface area contributed by atoms with Crippen LogP contribution in [0.2, 0.25) is 0 Å². The van der Waals surface area contributed by atoms with Crippen LogP contribution in [0.3, 0.4) is 0 Å². The molecule has 4 rings (SSSR count). The van der Waals surface area contributed by atoms with Crippen LogP contribution in [0.25, 0.3) is 0 Å². The molecule has 0 aromatic heterocycles. The van der Waals surface area contributed by atoms with E-state index in [1.54, 1.807) is 0 Å². The molecule has 0 bridgehead atoms. The first-order chi connectivity index (χ1) is 13.1. The molecule has 1 aromatic carbocycles. The lowest BCUT2D eigenvalue weighted by Gasteiger charge is -2.34. The van der Waals surface area contributed by atoms with E-state index in [1.807, 2.05) is 6.92 Å². The highest BCUT2D eigenvalue weighted by Crippen LogP contribution is 2.45. The van der Waals surface area contributed by atoms with Crippen molar-refractivity contribution in [2.24, 2.45) is 5.92 Å². The van der Waals surface area contributed by atoms with Gasteiger partial charge in [-0.15, -0.1) is 0 Å². The Labute approximate surface area is 161 Å². The molecule has 2 heterocycles. The largest absolute Gasteiger partial charge is 0.487 e. The molecule has 0 N–H and O–H groups in total. The number of halogens is 2. The molecule has 1 aliphatic carbocycles. The molecule has 2 fully saturated rings. The number of hydrogen-bond donors (Lipinski definition) is 0. The smallest absolute Gasteiger partial charge is 0.201 e. The number of benzene rings is 1. The molecule has 0 amide bonds. The van der Waals surface area contributed by atoms with E-state index >= 15 is 4.39 Å². The van der Waals surface area contributed by atoms with Crippen LogP contribution in [-0.2, 0) is 11.2 Å². The molecule has 4 heteroatoms. The number of ether oxygens (including phenoxy) is 2. The molecule has 150 valence electrons. The van der Waals surface area contributed by atoms with Gasteiger partial charge in [-0.1, -0.05) is 13.3 Å². The number of rotatable bonds is 4. The van der Waals surface area contributed by atoms with Crippen LogP contribution < -0.4 is 4.74 Å². The lowest BCUT2D eigenvalue weighted by molar-refractivity contribution is 0.0450. The van der Waals surface area contributed by atoms with Crippen molar-refractivity contribution in [2.45, 2.75) is 96.2 Å². The summed E-state index contributed by atoms with van der Waals surface area (Å²) in [6, 6.07) is 0. The molecule has 1 unspecified atom stereocenters. The van der Waals surface area contributed by atoms with Gasteiger partial charge in [-0.25, -0.2) is 4.39 Å². The summed E-state index contributed by atoms with van der Waals surface area (Å²) in [6.07, 6.45) is 10.3. The highest BCUT2D eigenvalue weighted by atomic mass is 19.2. The van der Waals surface area contributed by atoms with Gasteiger partial charge in [0.15, 0.2) is 11.6 Å². The minimum absolute atomic E-state index is 0.0171. The van der Waals surface area contributed by atoms with Crippen LogP contribution in [0.15, 0.2) is 0 Å². The van der Waals surface area contributed by atoms with Gasteiger partial charge in [-0.3, -0.25) is 0 Å². The van der Waals surface area contributed by atoms with Crippen molar-refractivity contribution in [1.82, 2.24) is 0 Å². The highest BCUT2D eigenvalue weighted by Gasteiger charge is 2.35. The number of hydrogen-bond acceptors (Lipinski definition) is 2. The maximum atomic E-state index is 15.1. The first-order valence-corrected chi connectivity index (χ1v) is 10.9. The fourth-order valence-electron chi connectivity index (χ4n) is 5.57. The molecule has 3 aliphatic rings. The fourth-order valence-corrected chi connectivity index (χ4v) is 5.57. The zero-order valence-corrected chi connectivity index (χ0v) is 16.7. The molecular weight excluding hydrogens is 346 g/mol. The fraction of sp³-hybridized carbons (Fsp3) is 0.739. The van der Waals surface area contributed by atoms with E-state index in [9.17, 15) is 4.39 Å². The van der Waals surface area contributed by atoms with Crippen molar-refractivity contribution in [1.29, 1.82) is 0 Å². The van der Waals surface area contributed by atoms with E-state index in [0.717, 1.165) is 81.9 Å². The van der Waals surface area contributed by atoms with E-state index in [4.69, 9.17) is 9.47 Å². The Kier molecular flexibility index (Phi) is 5.73. The van der Waals surface area contributed by atoms with Crippen molar-refractivity contribution in [3.63, 3.8) is 0 Å². The molecule has 0 spiro atoms. The Bertz CT molecular complexity index is 674. The standard InChI is InChI=1S/C23H32F2O2/c1-3-5-17-11-12-18-14(2)20(21(24)22(25)23(18)27-17)16-9-7-15(8-10-16)19-6-4-13-26-19/h15-17,19H,3-13H2,1-2H3/t15?,16?,17?,19-/m1/s1. The second-order valence-corrected chi connectivity index (χ2v) is 8.70. The van der Waals surface area contributed by atoms with Gasteiger partial charge in [-0.2, -0.15) is 4.39 Å². The summed E-state index contributed by atoms with van der Waals surface area (Å²) in [6.45, 7) is 4.94. The lowest BCUT2D eigenvalue weighted by atomic mass is 9.74. The van der Waals surface area contributed by atoms with Gasteiger partial charge in [0.2, 0.25) is 5.82 Å². The average Bonchev–Trinajstić information content (AvgIpc) is 3.22. The van der Waals surface area contributed by atoms with E-state index < -0.39 is 11.6 Å². The van der Waals surface area contributed by atoms with Gasteiger partial charge in [0.1, 0.15) is 0 Å². The third-order valence-corrected chi connectivity index (χ3v) is 7.04. The Morgan fingerprint density at radius 3 is 2.44 bits per heavy atom. The monoisotopic (exact) mass is 378 g/mol. The quantitative estimate of drug-likeness (QED) is 0.619. The van der Waals surface area contributed by atoms with E-state index in [1.165, 1.54) is 0 Å². The van der Waals surface area contributed by atoms with E-state index in [0.29, 0.717) is 17.6 Å². The average molecular weight is 379 g/mol. The maximum absolute atomic E-state index is 15.1. The summed E-state index contributed by atoms with van der Waals surface area (Å²) in [5.74, 6) is -0.522. The predicted molar refractivity (Wildman–Crippen MR) is 102 cm³/mol. The third kappa shape index (κ3) is 3.62. The summed E-state index contributed by atoms with van der Waals surface area (Å²) in [5, 5.41) is 0. The summed E-state index contributed by atoms with van der Waals surface area (Å²) < 4.78 is 41.7. The molecule has 1 saturated carbocycles. The van der Waals surface area contributed by atoms with Gasteiger partial charge in [0.25, 0.3) is 0 Å². The van der Waals surface area contributed by atoms with Gasteiger partial charge in [0.05, 0.1) is 12.2 Å². The second-order valence-electron chi connectivity index (χ2n) is 8.70. The van der Waals surface area contributed by atoms with Crippen LogP contribution >= 0.6 is 0 Å². The van der Waals surface area contributed by atoms with Gasteiger partial charge in [0, 0.05) is 12.2 Å². The summed E-state index contributed by atoms with van der Waals surface area (Å²) in [5.41, 5.74) is 2.45. The van der Waals surface area contributed by atoms with Crippen molar-refractivity contribution in [2.75, 3.05) is 6.61 Å². The molecule has 2 atom stereocenters. The van der Waals surface area contributed by atoms with Crippen molar-refractivity contribution < 1.29 is 18.3 Å². The molecule has 2 aliphatic heterocycles. The summed E-state index contributed by atoms with van der Waals surface area (Å²) >= 11 is 0. The highest BCUT2D eigenvalue weighted by molar-refractivity contribution is 5.49. The van der Waals surface area contributed by atoms with Crippen LogP contribution in [0.1, 0.15) is 87.3 Å². The van der Waals surface area contributed by atoms with Crippen molar-refractivity contribution in [3.05, 3.63) is 28.3 Å². The lowest BCUT2D eigenvalue weighted by Crippen LogP contribution is -2.27. The first kappa shape index (κ1) is 19.2. The predicted octanol–water partition coefficient (Wildman–Crippen LogP) is 6.22. The third-order valence-electron chi connectivity index (χ3n) is 7.04. The van der Waals surface area contributed by atoms with Crippen molar-refractivity contribution >= 4 is 0 Å².